The Morgan fingerprint density at radius 1 is 0.319 bits per heavy atom. The van der Waals surface area contributed by atoms with Gasteiger partial charge in [0.2, 0.25) is 0 Å². The van der Waals surface area contributed by atoms with Crippen molar-refractivity contribution in [3.05, 3.63) is 192 Å². The number of fused-ring (bicyclic) bond motifs is 7. The van der Waals surface area contributed by atoms with Crippen LogP contribution in [0.5, 0.6) is 0 Å². The molecule has 0 spiro atoms. The fourth-order valence-electron chi connectivity index (χ4n) is 11.5. The van der Waals surface area contributed by atoms with E-state index in [1.807, 2.05) is 22.7 Å². The van der Waals surface area contributed by atoms with Gasteiger partial charge in [0.05, 0.1) is 9.40 Å². The van der Waals surface area contributed by atoms with Crippen LogP contribution in [0.4, 0.5) is 0 Å². The van der Waals surface area contributed by atoms with E-state index in [9.17, 15) is 0 Å². The maximum absolute atomic E-state index is 2.62. The number of rotatable bonds is 19. The number of aryl methyl sites for hydroxylation is 4. The van der Waals surface area contributed by atoms with E-state index >= 15 is 0 Å². The maximum Gasteiger partial charge on any atom is 0.0542 e. The topological polar surface area (TPSA) is 0 Å². The quantitative estimate of drug-likeness (QED) is 0.0709. The van der Waals surface area contributed by atoms with Crippen molar-refractivity contribution in [2.75, 3.05) is 0 Å². The van der Waals surface area contributed by atoms with Gasteiger partial charge >= 0.3 is 0 Å². The summed E-state index contributed by atoms with van der Waals surface area (Å²) in [7, 11) is 0. The zero-order valence-electron chi connectivity index (χ0n) is 42.9. The third kappa shape index (κ3) is 10.1. The Kier molecular flexibility index (Phi) is 14.5. The normalized spacial score (nSPS) is 11.8. The predicted octanol–water partition coefficient (Wildman–Crippen LogP) is 22.3. The second-order valence-electron chi connectivity index (χ2n) is 20.7. The van der Waals surface area contributed by atoms with Crippen LogP contribution in [0, 0.1) is 13.8 Å². The predicted molar refractivity (Wildman–Crippen MR) is 321 cm³/mol. The van der Waals surface area contributed by atoms with Crippen LogP contribution in [0.3, 0.4) is 0 Å². The Morgan fingerprint density at radius 3 is 1.38 bits per heavy atom. The lowest BCUT2D eigenvalue weighted by Crippen LogP contribution is -1.99. The Bertz CT molecular complexity index is 3600. The SMILES string of the molecule is CCCCCCCCc1cc(-c2cc(-c3cc(-c4cccc5ccccc45)cc(-c4cccc5ccccc45)c3)cc(-c3ccc4c(c3)sc3c5ccc(C)cc5sc43)c2)c(CCCCCCCC)cc1C. The molecule has 11 rings (SSSR count). The van der Waals surface area contributed by atoms with Crippen molar-refractivity contribution >= 4 is 73.8 Å². The van der Waals surface area contributed by atoms with Crippen molar-refractivity contribution < 1.29 is 0 Å². The van der Waals surface area contributed by atoms with E-state index in [1.165, 1.54) is 206 Å². The van der Waals surface area contributed by atoms with Crippen LogP contribution < -0.4 is 0 Å². The molecule has 2 aromatic heterocycles. The van der Waals surface area contributed by atoms with Gasteiger partial charge in [0.15, 0.2) is 0 Å². The lowest BCUT2D eigenvalue weighted by molar-refractivity contribution is 0.605. The van der Waals surface area contributed by atoms with Crippen LogP contribution in [0.2, 0.25) is 0 Å². The summed E-state index contributed by atoms with van der Waals surface area (Å²) in [4.78, 5) is 0. The highest BCUT2D eigenvalue weighted by Gasteiger charge is 2.18. The number of unbranched alkanes of at least 4 members (excludes halogenated alkanes) is 10. The third-order valence-corrected chi connectivity index (χ3v) is 17.9. The van der Waals surface area contributed by atoms with Crippen LogP contribution in [-0.4, -0.2) is 0 Å². The van der Waals surface area contributed by atoms with Gasteiger partial charge in [-0.15, -0.1) is 22.7 Å². The summed E-state index contributed by atoms with van der Waals surface area (Å²) < 4.78 is 5.58. The number of benzene rings is 9. The molecule has 2 heterocycles. The summed E-state index contributed by atoms with van der Waals surface area (Å²) >= 11 is 3.91. The fourth-order valence-corrected chi connectivity index (χ4v) is 14.3. The molecule has 0 radical (unpaired) electrons. The largest absolute Gasteiger partial charge is 0.134 e. The molecule has 0 N–H and O–H groups in total. The molecule has 0 aliphatic rings. The maximum atomic E-state index is 2.62. The van der Waals surface area contributed by atoms with Gasteiger partial charge in [-0.2, -0.15) is 0 Å². The van der Waals surface area contributed by atoms with Gasteiger partial charge in [0.25, 0.3) is 0 Å². The molecule has 0 unspecified atom stereocenters. The summed E-state index contributed by atoms with van der Waals surface area (Å²) in [5.74, 6) is 0. The standard InChI is InChI=1S/C70H68S2/c1-5-7-9-11-13-15-25-51-45-66(53(38-48(51)4)26-16-14-12-10-8-6-2)59-40-54(52-34-36-65-68(46-52)72-69-64-35-33-47(3)37-67(64)71-70(65)69)39-55(43-59)56-41-57(62-31-21-27-49-23-17-19-29-60(49)62)44-58(42-56)63-32-22-28-50-24-18-20-30-61(50)63/h17-24,27-46H,5-16,25-26H2,1-4H3. The van der Waals surface area contributed by atoms with Gasteiger partial charge in [-0.05, 0) is 187 Å². The Labute approximate surface area is 436 Å². The van der Waals surface area contributed by atoms with Gasteiger partial charge < -0.3 is 0 Å². The molecule has 0 fully saturated rings. The van der Waals surface area contributed by atoms with Crippen molar-refractivity contribution in [1.82, 2.24) is 0 Å². The monoisotopic (exact) mass is 972 g/mol. The van der Waals surface area contributed by atoms with Crippen molar-refractivity contribution in [1.29, 1.82) is 0 Å². The van der Waals surface area contributed by atoms with E-state index in [0.717, 1.165) is 12.8 Å². The summed E-state index contributed by atoms with van der Waals surface area (Å²) in [5.41, 5.74) is 18.6. The summed E-state index contributed by atoms with van der Waals surface area (Å²) in [6, 6.07) is 65.7. The average molecular weight is 973 g/mol. The number of hydrogen-bond acceptors (Lipinski definition) is 2. The van der Waals surface area contributed by atoms with Gasteiger partial charge in [0, 0.05) is 20.2 Å². The summed E-state index contributed by atoms with van der Waals surface area (Å²) in [5, 5.41) is 7.83. The third-order valence-electron chi connectivity index (χ3n) is 15.4. The van der Waals surface area contributed by atoms with Crippen LogP contribution in [0.15, 0.2) is 170 Å². The van der Waals surface area contributed by atoms with Crippen LogP contribution in [0.1, 0.15) is 113 Å². The first-order chi connectivity index (χ1) is 35.4. The first kappa shape index (κ1) is 48.0. The fraction of sp³-hybridized carbons (Fsp3) is 0.257. The summed E-state index contributed by atoms with van der Waals surface area (Å²) in [6.45, 7) is 9.21. The van der Waals surface area contributed by atoms with E-state index in [-0.39, 0.29) is 0 Å². The molecule has 0 saturated carbocycles. The van der Waals surface area contributed by atoms with Crippen LogP contribution in [-0.2, 0) is 12.8 Å². The molecule has 9 aromatic carbocycles. The molecule has 0 nitrogen and oxygen atoms in total. The molecule has 72 heavy (non-hydrogen) atoms. The van der Waals surface area contributed by atoms with Gasteiger partial charge in [-0.25, -0.2) is 0 Å². The number of thiophene rings is 2. The zero-order valence-corrected chi connectivity index (χ0v) is 44.5. The molecule has 0 atom stereocenters. The average Bonchev–Trinajstić information content (AvgIpc) is 3.95. The van der Waals surface area contributed by atoms with E-state index in [4.69, 9.17) is 0 Å². The zero-order chi connectivity index (χ0) is 49.0. The van der Waals surface area contributed by atoms with Crippen LogP contribution >= 0.6 is 22.7 Å². The lowest BCUT2D eigenvalue weighted by atomic mass is 9.85. The molecule has 0 aliphatic heterocycles. The minimum atomic E-state index is 1.10. The molecule has 11 aromatic rings. The highest BCUT2D eigenvalue weighted by Crippen LogP contribution is 2.47. The van der Waals surface area contributed by atoms with E-state index in [2.05, 4.69) is 198 Å². The van der Waals surface area contributed by atoms with E-state index < -0.39 is 0 Å². The van der Waals surface area contributed by atoms with Crippen molar-refractivity contribution in [3.63, 3.8) is 0 Å². The summed E-state index contributed by atoms with van der Waals surface area (Å²) in [6.07, 6.45) is 17.9. The highest BCUT2D eigenvalue weighted by molar-refractivity contribution is 7.36. The van der Waals surface area contributed by atoms with Gasteiger partial charge in [-0.1, -0.05) is 199 Å². The minimum Gasteiger partial charge on any atom is -0.134 e. The van der Waals surface area contributed by atoms with Gasteiger partial charge in [0.1, 0.15) is 0 Å². The number of hydrogen-bond donors (Lipinski definition) is 0. The highest BCUT2D eigenvalue weighted by atomic mass is 32.1. The smallest absolute Gasteiger partial charge is 0.0542 e. The first-order valence-electron chi connectivity index (χ1n) is 27.2. The molecule has 360 valence electrons. The Balaban J connectivity index is 1.11. The molecule has 2 heteroatoms. The molecule has 0 saturated heterocycles. The van der Waals surface area contributed by atoms with Crippen molar-refractivity contribution in [2.45, 2.75) is 118 Å². The molecular formula is C70H68S2. The Hall–Kier alpha value is -6.32. The van der Waals surface area contributed by atoms with Crippen molar-refractivity contribution in [2.24, 2.45) is 0 Å². The lowest BCUT2D eigenvalue weighted by Gasteiger charge is -2.19. The van der Waals surface area contributed by atoms with Gasteiger partial charge in [-0.3, -0.25) is 0 Å². The van der Waals surface area contributed by atoms with E-state index in [1.54, 1.807) is 0 Å². The molecule has 0 aliphatic carbocycles. The second kappa shape index (κ2) is 21.8. The second-order valence-corrected chi connectivity index (χ2v) is 22.8. The van der Waals surface area contributed by atoms with E-state index in [0.29, 0.717) is 0 Å². The van der Waals surface area contributed by atoms with Crippen molar-refractivity contribution in [3.8, 4) is 55.6 Å². The molecule has 0 amide bonds. The van der Waals surface area contributed by atoms with Crippen LogP contribution in [0.25, 0.3) is 107 Å². The first-order valence-corrected chi connectivity index (χ1v) is 28.8. The molecule has 0 bridgehead atoms. The molecular weight excluding hydrogens is 905 g/mol. The Morgan fingerprint density at radius 2 is 0.778 bits per heavy atom. The minimum absolute atomic E-state index is 1.10.